The molecule has 25 heavy (non-hydrogen) atoms. The molecule has 0 radical (unpaired) electrons. The molecule has 0 atom stereocenters. The van der Waals surface area contributed by atoms with E-state index in [4.69, 9.17) is 0 Å². The highest BCUT2D eigenvalue weighted by atomic mass is 32.2. The Hall–Kier alpha value is -1.65. The van der Waals surface area contributed by atoms with Crippen LogP contribution in [0.5, 0.6) is 0 Å². The Morgan fingerprint density at radius 3 is 1.88 bits per heavy atom. The number of nitrogens with zero attached hydrogens (tertiary/aromatic N) is 1. The molecule has 0 aromatic heterocycles. The van der Waals surface area contributed by atoms with Crippen molar-refractivity contribution in [2.24, 2.45) is 11.3 Å². The molecule has 1 saturated heterocycles. The Balaban J connectivity index is 1.75. The quantitative estimate of drug-likeness (QED) is 0.791. The number of hydrogen-bond donors (Lipinski definition) is 0. The van der Waals surface area contributed by atoms with Gasteiger partial charge in [-0.05, 0) is 47.4 Å². The van der Waals surface area contributed by atoms with E-state index in [1.54, 1.807) is 16.4 Å². The minimum atomic E-state index is -3.40. The molecule has 0 spiro atoms. The number of rotatable bonds is 3. The summed E-state index contributed by atoms with van der Waals surface area (Å²) in [5.41, 5.74) is 2.37. The molecule has 2 aromatic carbocycles. The van der Waals surface area contributed by atoms with Crippen LogP contribution in [0.2, 0.25) is 0 Å². The Kier molecular flexibility index (Phi) is 5.03. The van der Waals surface area contributed by atoms with Crippen LogP contribution in [0.1, 0.15) is 33.6 Å². The molecule has 0 N–H and O–H groups in total. The lowest BCUT2D eigenvalue weighted by atomic mass is 9.76. The van der Waals surface area contributed by atoms with Gasteiger partial charge in [-0.25, -0.2) is 8.42 Å². The van der Waals surface area contributed by atoms with Gasteiger partial charge in [0.15, 0.2) is 0 Å². The minimum absolute atomic E-state index is 0.243. The monoisotopic (exact) mass is 357 g/mol. The highest BCUT2D eigenvalue weighted by Crippen LogP contribution is 2.35. The van der Waals surface area contributed by atoms with Gasteiger partial charge in [0.05, 0.1) is 4.90 Å². The van der Waals surface area contributed by atoms with Crippen LogP contribution in [0.4, 0.5) is 0 Å². The van der Waals surface area contributed by atoms with Gasteiger partial charge in [-0.3, -0.25) is 0 Å². The minimum Gasteiger partial charge on any atom is -0.207 e. The average Bonchev–Trinajstić information content (AvgIpc) is 2.62. The molecule has 3 nitrogen and oxygen atoms in total. The van der Waals surface area contributed by atoms with E-state index in [1.807, 2.05) is 42.5 Å². The number of hydrogen-bond acceptors (Lipinski definition) is 2. The fourth-order valence-electron chi connectivity index (χ4n) is 3.56. The predicted molar refractivity (Wildman–Crippen MR) is 103 cm³/mol. The summed E-state index contributed by atoms with van der Waals surface area (Å²) in [5.74, 6) is 0.583. The van der Waals surface area contributed by atoms with Crippen molar-refractivity contribution < 1.29 is 8.42 Å². The molecule has 1 heterocycles. The van der Waals surface area contributed by atoms with Crippen molar-refractivity contribution in [2.45, 2.75) is 38.5 Å². The Morgan fingerprint density at radius 2 is 1.36 bits per heavy atom. The summed E-state index contributed by atoms with van der Waals surface area (Å²) < 4.78 is 27.5. The first-order chi connectivity index (χ1) is 11.8. The zero-order valence-electron chi connectivity index (χ0n) is 15.3. The van der Waals surface area contributed by atoms with Gasteiger partial charge in [-0.1, -0.05) is 63.2 Å². The second-order valence-electron chi connectivity index (χ2n) is 7.93. The van der Waals surface area contributed by atoms with Crippen LogP contribution < -0.4 is 0 Å². The van der Waals surface area contributed by atoms with Crippen molar-refractivity contribution in [3.05, 3.63) is 54.6 Å². The van der Waals surface area contributed by atoms with Crippen molar-refractivity contribution in [3.8, 4) is 11.1 Å². The van der Waals surface area contributed by atoms with Gasteiger partial charge in [0, 0.05) is 13.1 Å². The first-order valence-electron chi connectivity index (χ1n) is 8.94. The summed E-state index contributed by atoms with van der Waals surface area (Å²) in [4.78, 5) is 0.390. The van der Waals surface area contributed by atoms with Crippen molar-refractivity contribution in [1.82, 2.24) is 4.31 Å². The van der Waals surface area contributed by atoms with E-state index in [1.165, 1.54) is 0 Å². The molecule has 1 aliphatic heterocycles. The van der Waals surface area contributed by atoms with Crippen LogP contribution >= 0.6 is 0 Å². The van der Waals surface area contributed by atoms with Crippen LogP contribution in [-0.4, -0.2) is 25.8 Å². The molecule has 1 aliphatic rings. The highest BCUT2D eigenvalue weighted by Gasteiger charge is 2.33. The fraction of sp³-hybridized carbons (Fsp3) is 0.429. The second kappa shape index (κ2) is 6.93. The topological polar surface area (TPSA) is 37.4 Å². The van der Waals surface area contributed by atoms with Gasteiger partial charge in [0.1, 0.15) is 0 Å². The zero-order chi connectivity index (χ0) is 18.1. The summed E-state index contributed by atoms with van der Waals surface area (Å²) in [5, 5.41) is 0. The molecule has 0 amide bonds. The van der Waals surface area contributed by atoms with E-state index in [9.17, 15) is 8.42 Å². The Bertz CT molecular complexity index is 797. The van der Waals surface area contributed by atoms with Crippen molar-refractivity contribution >= 4 is 10.0 Å². The molecule has 0 saturated carbocycles. The average molecular weight is 358 g/mol. The molecule has 4 heteroatoms. The van der Waals surface area contributed by atoms with E-state index in [0.29, 0.717) is 23.9 Å². The normalized spacial score (nSPS) is 17.6. The summed E-state index contributed by atoms with van der Waals surface area (Å²) in [6.07, 6.45) is 1.87. The van der Waals surface area contributed by atoms with E-state index in [2.05, 4.69) is 20.8 Å². The first-order valence-corrected chi connectivity index (χ1v) is 10.4. The summed E-state index contributed by atoms with van der Waals surface area (Å²) in [7, 11) is -3.40. The summed E-state index contributed by atoms with van der Waals surface area (Å²) in [6.45, 7) is 7.95. The first kappa shape index (κ1) is 18.2. The third kappa shape index (κ3) is 3.96. The third-order valence-electron chi connectivity index (χ3n) is 5.28. The standard InChI is InChI=1S/C21H27NO2S/c1-21(2,3)19-13-15-22(16-14-19)25(23,24)20-11-9-18(10-12-20)17-7-5-4-6-8-17/h4-12,19H,13-16H2,1-3H3. The lowest BCUT2D eigenvalue weighted by Gasteiger charge is -2.38. The predicted octanol–water partition coefficient (Wildman–Crippen LogP) is 4.80. The lowest BCUT2D eigenvalue weighted by Crippen LogP contribution is -2.41. The van der Waals surface area contributed by atoms with Crippen molar-refractivity contribution in [1.29, 1.82) is 0 Å². The molecule has 3 rings (SSSR count). The molecule has 0 unspecified atom stereocenters. The van der Waals surface area contributed by atoms with Gasteiger partial charge in [-0.15, -0.1) is 0 Å². The molecule has 2 aromatic rings. The van der Waals surface area contributed by atoms with Crippen LogP contribution in [0.15, 0.2) is 59.5 Å². The summed E-state index contributed by atoms with van der Waals surface area (Å²) in [6, 6.07) is 17.2. The third-order valence-corrected chi connectivity index (χ3v) is 7.19. The molecule has 134 valence electrons. The number of sulfonamides is 1. The van der Waals surface area contributed by atoms with Crippen molar-refractivity contribution in [3.63, 3.8) is 0 Å². The van der Waals surface area contributed by atoms with E-state index in [-0.39, 0.29) is 5.41 Å². The molecule has 0 bridgehead atoms. The molecular weight excluding hydrogens is 330 g/mol. The van der Waals surface area contributed by atoms with Gasteiger partial charge in [0.2, 0.25) is 10.0 Å². The molecular formula is C21H27NO2S. The molecule has 1 fully saturated rings. The van der Waals surface area contributed by atoms with Gasteiger partial charge >= 0.3 is 0 Å². The van der Waals surface area contributed by atoms with E-state index < -0.39 is 10.0 Å². The highest BCUT2D eigenvalue weighted by molar-refractivity contribution is 7.89. The van der Waals surface area contributed by atoms with Gasteiger partial charge in [-0.2, -0.15) is 4.31 Å². The van der Waals surface area contributed by atoms with Gasteiger partial charge < -0.3 is 0 Å². The zero-order valence-corrected chi connectivity index (χ0v) is 16.1. The maximum absolute atomic E-state index is 12.9. The van der Waals surface area contributed by atoms with Crippen LogP contribution in [-0.2, 0) is 10.0 Å². The Morgan fingerprint density at radius 1 is 0.840 bits per heavy atom. The van der Waals surface area contributed by atoms with Crippen LogP contribution in [0, 0.1) is 11.3 Å². The SMILES string of the molecule is CC(C)(C)C1CCN(S(=O)(=O)c2ccc(-c3ccccc3)cc2)CC1. The lowest BCUT2D eigenvalue weighted by molar-refractivity contribution is 0.154. The van der Waals surface area contributed by atoms with Gasteiger partial charge in [0.25, 0.3) is 0 Å². The Labute approximate surface area is 151 Å². The van der Waals surface area contributed by atoms with Crippen LogP contribution in [0.25, 0.3) is 11.1 Å². The second-order valence-corrected chi connectivity index (χ2v) is 9.87. The van der Waals surface area contributed by atoms with Crippen molar-refractivity contribution in [2.75, 3.05) is 13.1 Å². The largest absolute Gasteiger partial charge is 0.243 e. The maximum atomic E-state index is 12.9. The van der Waals surface area contributed by atoms with E-state index in [0.717, 1.165) is 24.0 Å². The summed E-state index contributed by atoms with van der Waals surface area (Å²) >= 11 is 0. The number of benzene rings is 2. The van der Waals surface area contributed by atoms with Crippen LogP contribution in [0.3, 0.4) is 0 Å². The molecule has 0 aliphatic carbocycles. The smallest absolute Gasteiger partial charge is 0.207 e. The number of piperidine rings is 1. The maximum Gasteiger partial charge on any atom is 0.243 e. The van der Waals surface area contributed by atoms with E-state index >= 15 is 0 Å². The fourth-order valence-corrected chi connectivity index (χ4v) is 5.03.